The average molecular weight is 338 g/mol. The first-order valence-corrected chi connectivity index (χ1v) is 7.73. The van der Waals surface area contributed by atoms with Gasteiger partial charge in [0.25, 0.3) is 0 Å². The standard InChI is InChI=1S/C14H16BrN3S/c1-10-6-7-17-8-13(10)14(18-16)9-19-12-4-2-11(15)3-5-12/h2-8,14,18H,9,16H2,1H3. The zero-order chi connectivity index (χ0) is 13.7. The van der Waals surface area contributed by atoms with Crippen LogP contribution >= 0.6 is 27.7 Å². The molecule has 5 heteroatoms. The van der Waals surface area contributed by atoms with Crippen LogP contribution in [0, 0.1) is 6.92 Å². The molecule has 0 saturated heterocycles. The Balaban J connectivity index is 2.04. The van der Waals surface area contributed by atoms with Crippen LogP contribution in [0.3, 0.4) is 0 Å². The molecule has 0 aliphatic carbocycles. The fourth-order valence-electron chi connectivity index (χ4n) is 1.78. The molecule has 100 valence electrons. The van der Waals surface area contributed by atoms with E-state index in [0.717, 1.165) is 15.8 Å². The number of hydrazine groups is 1. The van der Waals surface area contributed by atoms with Crippen LogP contribution in [0.5, 0.6) is 0 Å². The maximum Gasteiger partial charge on any atom is 0.0571 e. The molecule has 0 saturated carbocycles. The summed E-state index contributed by atoms with van der Waals surface area (Å²) < 4.78 is 1.09. The van der Waals surface area contributed by atoms with Gasteiger partial charge in [-0.1, -0.05) is 15.9 Å². The van der Waals surface area contributed by atoms with Crippen LogP contribution in [-0.4, -0.2) is 10.7 Å². The van der Waals surface area contributed by atoms with Gasteiger partial charge in [0.05, 0.1) is 6.04 Å². The number of pyridine rings is 1. The summed E-state index contributed by atoms with van der Waals surface area (Å²) in [7, 11) is 0. The molecule has 1 aromatic carbocycles. The Morgan fingerprint density at radius 1 is 1.32 bits per heavy atom. The normalized spacial score (nSPS) is 12.4. The zero-order valence-electron chi connectivity index (χ0n) is 10.6. The molecule has 0 spiro atoms. The minimum Gasteiger partial charge on any atom is -0.271 e. The predicted octanol–water partition coefficient (Wildman–Crippen LogP) is 3.45. The maximum absolute atomic E-state index is 5.66. The highest BCUT2D eigenvalue weighted by Gasteiger charge is 2.12. The van der Waals surface area contributed by atoms with Crippen LogP contribution in [0.2, 0.25) is 0 Å². The third-order valence-corrected chi connectivity index (χ3v) is 4.52. The Morgan fingerprint density at radius 3 is 2.68 bits per heavy atom. The quantitative estimate of drug-likeness (QED) is 0.498. The van der Waals surface area contributed by atoms with E-state index in [1.54, 1.807) is 18.0 Å². The lowest BCUT2D eigenvalue weighted by Gasteiger charge is -2.17. The van der Waals surface area contributed by atoms with E-state index in [4.69, 9.17) is 5.84 Å². The number of thioether (sulfide) groups is 1. The summed E-state index contributed by atoms with van der Waals surface area (Å²) in [6, 6.07) is 10.4. The van der Waals surface area contributed by atoms with E-state index >= 15 is 0 Å². The molecule has 3 N–H and O–H groups in total. The van der Waals surface area contributed by atoms with E-state index in [-0.39, 0.29) is 6.04 Å². The van der Waals surface area contributed by atoms with Crippen molar-refractivity contribution in [3.8, 4) is 0 Å². The molecule has 0 aliphatic rings. The van der Waals surface area contributed by atoms with Gasteiger partial charge in [-0.2, -0.15) is 0 Å². The third kappa shape index (κ3) is 4.04. The van der Waals surface area contributed by atoms with Crippen molar-refractivity contribution in [1.82, 2.24) is 10.4 Å². The second-order valence-electron chi connectivity index (χ2n) is 4.22. The Morgan fingerprint density at radius 2 is 2.05 bits per heavy atom. The first-order chi connectivity index (χ1) is 9.20. The first kappa shape index (κ1) is 14.5. The van der Waals surface area contributed by atoms with Gasteiger partial charge < -0.3 is 0 Å². The molecule has 2 aromatic rings. The summed E-state index contributed by atoms with van der Waals surface area (Å²) in [6.07, 6.45) is 3.68. The molecule has 0 amide bonds. The molecule has 0 radical (unpaired) electrons. The number of aryl methyl sites for hydroxylation is 1. The van der Waals surface area contributed by atoms with E-state index in [0.29, 0.717) is 0 Å². The van der Waals surface area contributed by atoms with Crippen molar-refractivity contribution in [2.45, 2.75) is 17.9 Å². The fourth-order valence-corrected chi connectivity index (χ4v) is 3.01. The van der Waals surface area contributed by atoms with Gasteiger partial charge >= 0.3 is 0 Å². The topological polar surface area (TPSA) is 50.9 Å². The highest BCUT2D eigenvalue weighted by atomic mass is 79.9. The van der Waals surface area contributed by atoms with Gasteiger partial charge in [0.1, 0.15) is 0 Å². The monoisotopic (exact) mass is 337 g/mol. The second kappa shape index (κ2) is 7.05. The lowest BCUT2D eigenvalue weighted by Crippen LogP contribution is -2.30. The average Bonchev–Trinajstić information content (AvgIpc) is 2.43. The summed E-state index contributed by atoms with van der Waals surface area (Å²) in [6.45, 7) is 2.08. The molecule has 3 nitrogen and oxygen atoms in total. The van der Waals surface area contributed by atoms with Gasteiger partial charge in [0.2, 0.25) is 0 Å². The maximum atomic E-state index is 5.66. The summed E-state index contributed by atoms with van der Waals surface area (Å²) in [5.41, 5.74) is 5.22. The van der Waals surface area contributed by atoms with Crippen LogP contribution in [-0.2, 0) is 0 Å². The minimum absolute atomic E-state index is 0.0994. The first-order valence-electron chi connectivity index (χ1n) is 5.95. The van der Waals surface area contributed by atoms with Crippen molar-refractivity contribution >= 4 is 27.7 Å². The van der Waals surface area contributed by atoms with E-state index in [1.807, 2.05) is 24.4 Å². The number of aromatic nitrogens is 1. The second-order valence-corrected chi connectivity index (χ2v) is 6.23. The Hall–Kier alpha value is -0.880. The molecular formula is C14H16BrN3S. The number of nitrogens with one attached hydrogen (secondary N) is 1. The summed E-state index contributed by atoms with van der Waals surface area (Å²) in [4.78, 5) is 5.40. The Labute approximate surface area is 126 Å². The number of hydrogen-bond acceptors (Lipinski definition) is 4. The smallest absolute Gasteiger partial charge is 0.0571 e. The number of nitrogens with two attached hydrogens (primary N) is 1. The van der Waals surface area contributed by atoms with Gasteiger partial charge in [0.15, 0.2) is 0 Å². The molecule has 1 atom stereocenters. The summed E-state index contributed by atoms with van der Waals surface area (Å²) in [5, 5.41) is 0. The van der Waals surface area contributed by atoms with E-state index < -0.39 is 0 Å². The zero-order valence-corrected chi connectivity index (χ0v) is 13.0. The number of nitrogens with zero attached hydrogens (tertiary/aromatic N) is 1. The SMILES string of the molecule is Cc1ccncc1C(CSc1ccc(Br)cc1)NN. The van der Waals surface area contributed by atoms with E-state index in [9.17, 15) is 0 Å². The molecule has 1 aromatic heterocycles. The van der Waals surface area contributed by atoms with Crippen molar-refractivity contribution in [1.29, 1.82) is 0 Å². The van der Waals surface area contributed by atoms with Crippen molar-refractivity contribution in [2.75, 3.05) is 5.75 Å². The molecule has 1 unspecified atom stereocenters. The van der Waals surface area contributed by atoms with Gasteiger partial charge in [-0.3, -0.25) is 16.3 Å². The van der Waals surface area contributed by atoms with Crippen LogP contribution in [0.15, 0.2) is 52.1 Å². The Kier molecular flexibility index (Phi) is 5.39. The summed E-state index contributed by atoms with van der Waals surface area (Å²) >= 11 is 5.21. The third-order valence-electron chi connectivity index (χ3n) is 2.89. The van der Waals surface area contributed by atoms with Crippen LogP contribution < -0.4 is 11.3 Å². The highest BCUT2D eigenvalue weighted by molar-refractivity contribution is 9.10. The molecule has 1 heterocycles. The highest BCUT2D eigenvalue weighted by Crippen LogP contribution is 2.26. The van der Waals surface area contributed by atoms with Crippen molar-refractivity contribution in [2.24, 2.45) is 5.84 Å². The Bertz CT molecular complexity index is 530. The molecule has 0 aliphatic heterocycles. The molecule has 19 heavy (non-hydrogen) atoms. The van der Waals surface area contributed by atoms with Gasteiger partial charge in [0, 0.05) is 27.5 Å². The number of benzene rings is 1. The lowest BCUT2D eigenvalue weighted by molar-refractivity contribution is 0.605. The fraction of sp³-hybridized carbons (Fsp3) is 0.214. The van der Waals surface area contributed by atoms with Crippen LogP contribution in [0.25, 0.3) is 0 Å². The molecule has 0 fully saturated rings. The van der Waals surface area contributed by atoms with Crippen molar-refractivity contribution in [3.05, 3.63) is 58.3 Å². The number of halogens is 1. The predicted molar refractivity (Wildman–Crippen MR) is 83.9 cm³/mol. The van der Waals surface area contributed by atoms with E-state index in [1.165, 1.54) is 10.5 Å². The van der Waals surface area contributed by atoms with Gasteiger partial charge in [-0.25, -0.2) is 0 Å². The number of rotatable bonds is 5. The van der Waals surface area contributed by atoms with Crippen LogP contribution in [0.4, 0.5) is 0 Å². The minimum atomic E-state index is 0.0994. The summed E-state index contributed by atoms with van der Waals surface area (Å²) in [5.74, 6) is 6.53. The largest absolute Gasteiger partial charge is 0.271 e. The van der Waals surface area contributed by atoms with Crippen LogP contribution in [0.1, 0.15) is 17.2 Å². The lowest BCUT2D eigenvalue weighted by atomic mass is 10.1. The molecular weight excluding hydrogens is 322 g/mol. The van der Waals surface area contributed by atoms with Gasteiger partial charge in [-0.15, -0.1) is 11.8 Å². The number of hydrogen-bond donors (Lipinski definition) is 2. The molecule has 0 bridgehead atoms. The molecule has 2 rings (SSSR count). The van der Waals surface area contributed by atoms with Crippen molar-refractivity contribution < 1.29 is 0 Å². The van der Waals surface area contributed by atoms with E-state index in [2.05, 4.69) is 45.4 Å². The van der Waals surface area contributed by atoms with Gasteiger partial charge in [-0.05, 0) is 48.4 Å². The van der Waals surface area contributed by atoms with Crippen molar-refractivity contribution in [3.63, 3.8) is 0 Å².